The highest BCUT2D eigenvalue weighted by atomic mass is 35.5. The van der Waals surface area contributed by atoms with E-state index in [0.717, 1.165) is 11.8 Å². The van der Waals surface area contributed by atoms with Gasteiger partial charge in [0.15, 0.2) is 0 Å². The molecule has 0 aliphatic heterocycles. The number of nitrogens with zero attached hydrogens (tertiary/aromatic N) is 2. The van der Waals surface area contributed by atoms with Gasteiger partial charge in [0.05, 0.1) is 24.1 Å². The number of hydrogen-bond donors (Lipinski definition) is 1. The molecule has 1 N–H and O–H groups in total. The topological polar surface area (TPSA) is 96.0 Å². The van der Waals surface area contributed by atoms with Gasteiger partial charge in [-0.1, -0.05) is 85.0 Å². The van der Waals surface area contributed by atoms with Gasteiger partial charge in [0.1, 0.15) is 11.8 Å². The predicted molar refractivity (Wildman–Crippen MR) is 178 cm³/mol. The van der Waals surface area contributed by atoms with Crippen molar-refractivity contribution in [2.24, 2.45) is 5.92 Å². The first-order chi connectivity index (χ1) is 20.8. The normalized spacial score (nSPS) is 12.1. The van der Waals surface area contributed by atoms with Gasteiger partial charge in [-0.25, -0.2) is 8.42 Å². The van der Waals surface area contributed by atoms with Crippen LogP contribution in [0.1, 0.15) is 37.8 Å². The Morgan fingerprint density at radius 1 is 0.932 bits per heavy atom. The van der Waals surface area contributed by atoms with Gasteiger partial charge in [-0.05, 0) is 48.2 Å². The molecule has 2 amide bonds. The second kappa shape index (κ2) is 16.4. The number of benzene rings is 3. The minimum absolute atomic E-state index is 0.00613. The maximum absolute atomic E-state index is 14.0. The van der Waals surface area contributed by atoms with Gasteiger partial charge in [-0.15, -0.1) is 0 Å². The summed E-state index contributed by atoms with van der Waals surface area (Å²) in [6.45, 7) is 4.42. The SMILES string of the molecule is COc1ccc(N(CCCC(=O)N(Cc2c(Cl)cccc2Cl)[C@H](Cc2ccccc2)C(=O)NCC(C)C)S(C)(=O)=O)cc1Cl. The van der Waals surface area contributed by atoms with Gasteiger partial charge >= 0.3 is 0 Å². The highest BCUT2D eigenvalue weighted by Crippen LogP contribution is 2.31. The molecule has 8 nitrogen and oxygen atoms in total. The summed E-state index contributed by atoms with van der Waals surface area (Å²) in [5.74, 6) is -0.0346. The number of rotatable bonds is 15. The zero-order valence-electron chi connectivity index (χ0n) is 25.2. The highest BCUT2D eigenvalue weighted by molar-refractivity contribution is 7.92. The van der Waals surface area contributed by atoms with Crippen LogP contribution in [0.15, 0.2) is 66.7 Å². The van der Waals surface area contributed by atoms with E-state index in [4.69, 9.17) is 39.5 Å². The molecule has 0 aliphatic rings. The van der Waals surface area contributed by atoms with Crippen molar-refractivity contribution in [3.63, 3.8) is 0 Å². The van der Waals surface area contributed by atoms with E-state index in [-0.39, 0.29) is 55.1 Å². The van der Waals surface area contributed by atoms with Crippen LogP contribution >= 0.6 is 34.8 Å². The number of nitrogens with one attached hydrogen (secondary N) is 1. The van der Waals surface area contributed by atoms with Crippen molar-refractivity contribution in [2.75, 3.05) is 30.8 Å². The van der Waals surface area contributed by atoms with Crippen molar-refractivity contribution in [1.29, 1.82) is 0 Å². The Bertz CT molecular complexity index is 1520. The molecule has 0 saturated carbocycles. The maximum atomic E-state index is 14.0. The summed E-state index contributed by atoms with van der Waals surface area (Å²) in [6.07, 6.45) is 1.49. The highest BCUT2D eigenvalue weighted by Gasteiger charge is 2.31. The molecule has 0 aromatic heterocycles. The van der Waals surface area contributed by atoms with E-state index in [0.29, 0.717) is 33.6 Å². The quantitative estimate of drug-likeness (QED) is 0.195. The van der Waals surface area contributed by atoms with Crippen molar-refractivity contribution in [3.8, 4) is 5.75 Å². The minimum Gasteiger partial charge on any atom is -0.495 e. The zero-order chi connectivity index (χ0) is 32.4. The van der Waals surface area contributed by atoms with Crippen molar-refractivity contribution >= 4 is 62.3 Å². The first kappa shape index (κ1) is 35.5. The van der Waals surface area contributed by atoms with E-state index in [2.05, 4.69) is 5.32 Å². The molecule has 1 atom stereocenters. The second-order valence-electron chi connectivity index (χ2n) is 10.8. The van der Waals surface area contributed by atoms with Crippen LogP contribution in [0.5, 0.6) is 5.75 Å². The van der Waals surface area contributed by atoms with Crippen LogP contribution in [0.25, 0.3) is 0 Å². The van der Waals surface area contributed by atoms with Gasteiger partial charge in [-0.3, -0.25) is 13.9 Å². The van der Waals surface area contributed by atoms with Crippen molar-refractivity contribution < 1.29 is 22.7 Å². The summed E-state index contributed by atoms with van der Waals surface area (Å²) in [5, 5.41) is 3.97. The second-order valence-corrected chi connectivity index (χ2v) is 14.0. The van der Waals surface area contributed by atoms with E-state index < -0.39 is 16.1 Å². The lowest BCUT2D eigenvalue weighted by atomic mass is 10.0. The Hall–Kier alpha value is -2.98. The Balaban J connectivity index is 1.93. The first-order valence-electron chi connectivity index (χ1n) is 14.2. The molecule has 0 fully saturated rings. The van der Waals surface area contributed by atoms with Crippen LogP contribution < -0.4 is 14.4 Å². The van der Waals surface area contributed by atoms with Gasteiger partial charge < -0.3 is 15.0 Å². The summed E-state index contributed by atoms with van der Waals surface area (Å²) in [6, 6.07) is 18.3. The third kappa shape index (κ3) is 10.0. The Labute approximate surface area is 275 Å². The molecule has 12 heteroatoms. The Kier molecular flexibility index (Phi) is 13.2. The number of sulfonamides is 1. The molecule has 0 saturated heterocycles. The smallest absolute Gasteiger partial charge is 0.243 e. The molecular formula is C32H38Cl3N3O5S. The van der Waals surface area contributed by atoms with Crippen molar-refractivity contribution in [3.05, 3.63) is 92.9 Å². The maximum Gasteiger partial charge on any atom is 0.243 e. The molecule has 0 unspecified atom stereocenters. The zero-order valence-corrected chi connectivity index (χ0v) is 28.3. The van der Waals surface area contributed by atoms with Crippen LogP contribution in [-0.4, -0.2) is 57.6 Å². The third-order valence-electron chi connectivity index (χ3n) is 6.92. The number of hydrogen-bond acceptors (Lipinski definition) is 5. The number of ether oxygens (including phenoxy) is 1. The van der Waals surface area contributed by atoms with Gasteiger partial charge in [-0.2, -0.15) is 0 Å². The van der Waals surface area contributed by atoms with Crippen LogP contribution in [0.3, 0.4) is 0 Å². The molecule has 0 radical (unpaired) electrons. The third-order valence-corrected chi connectivity index (χ3v) is 9.12. The summed E-state index contributed by atoms with van der Waals surface area (Å²) in [5.41, 5.74) is 1.74. The number of amides is 2. The number of methoxy groups -OCH3 is 1. The fraction of sp³-hybridized carbons (Fsp3) is 0.375. The van der Waals surface area contributed by atoms with Gasteiger partial charge in [0.25, 0.3) is 0 Å². The lowest BCUT2D eigenvalue weighted by molar-refractivity contribution is -0.141. The Morgan fingerprint density at radius 2 is 1.59 bits per heavy atom. The number of carbonyl (C=O) groups is 2. The van der Waals surface area contributed by atoms with E-state index in [1.807, 2.05) is 44.2 Å². The molecule has 0 spiro atoms. The summed E-state index contributed by atoms with van der Waals surface area (Å²) < 4.78 is 31.8. The van der Waals surface area contributed by atoms with E-state index in [9.17, 15) is 18.0 Å². The van der Waals surface area contributed by atoms with Crippen molar-refractivity contribution in [2.45, 2.75) is 45.7 Å². The van der Waals surface area contributed by atoms with Gasteiger partial charge in [0.2, 0.25) is 21.8 Å². The van der Waals surface area contributed by atoms with Crippen LogP contribution in [0.2, 0.25) is 15.1 Å². The Morgan fingerprint density at radius 3 is 2.16 bits per heavy atom. The number of halogens is 3. The summed E-state index contributed by atoms with van der Waals surface area (Å²) >= 11 is 19.3. The standard InChI is InChI=1S/C32H38Cl3N3O5S/c1-22(2)20-36-32(40)29(18-23-10-6-5-7-11-23)37(21-25-26(33)12-8-13-27(25)34)31(39)14-9-17-38(44(4,41)42)24-15-16-30(43-3)28(35)19-24/h5-8,10-13,15-16,19,22,29H,9,14,17-18,20-21H2,1-4H3,(H,36,40)/t29-/m1/s1. The fourth-order valence-corrected chi connectivity index (χ4v) is 6.37. The summed E-state index contributed by atoms with van der Waals surface area (Å²) in [4.78, 5) is 29.2. The molecule has 0 heterocycles. The fourth-order valence-electron chi connectivity index (χ4n) is 4.64. The van der Waals surface area contributed by atoms with Crippen molar-refractivity contribution in [1.82, 2.24) is 10.2 Å². The average Bonchev–Trinajstić information content (AvgIpc) is 2.97. The molecule has 3 rings (SSSR count). The number of anilines is 1. The lowest BCUT2D eigenvalue weighted by Crippen LogP contribution is -2.51. The summed E-state index contributed by atoms with van der Waals surface area (Å²) in [7, 11) is -2.24. The first-order valence-corrected chi connectivity index (χ1v) is 17.1. The van der Waals surface area contributed by atoms with Crippen LogP contribution in [0, 0.1) is 5.92 Å². The molecule has 3 aromatic carbocycles. The van der Waals surface area contributed by atoms with E-state index in [1.54, 1.807) is 30.3 Å². The van der Waals surface area contributed by atoms with Gasteiger partial charge in [0, 0.05) is 48.1 Å². The van der Waals surface area contributed by atoms with Crippen LogP contribution in [-0.2, 0) is 32.6 Å². The van der Waals surface area contributed by atoms with E-state index in [1.165, 1.54) is 22.4 Å². The average molecular weight is 683 g/mol. The molecule has 3 aromatic rings. The minimum atomic E-state index is -3.71. The molecule has 44 heavy (non-hydrogen) atoms. The van der Waals surface area contributed by atoms with E-state index >= 15 is 0 Å². The molecule has 0 bridgehead atoms. The van der Waals surface area contributed by atoms with Crippen LogP contribution in [0.4, 0.5) is 5.69 Å². The molecule has 238 valence electrons. The molecular weight excluding hydrogens is 645 g/mol. The lowest BCUT2D eigenvalue weighted by Gasteiger charge is -2.32. The molecule has 0 aliphatic carbocycles. The largest absolute Gasteiger partial charge is 0.495 e. The number of carbonyl (C=O) groups excluding carboxylic acids is 2. The predicted octanol–water partition coefficient (Wildman–Crippen LogP) is 6.61. The monoisotopic (exact) mass is 681 g/mol.